The molecule has 0 unspecified atom stereocenters. The number of amides is 1. The van der Waals surface area contributed by atoms with E-state index in [9.17, 15) is 26.0 Å². The minimum atomic E-state index is -3.86. The lowest BCUT2D eigenvalue weighted by Crippen LogP contribution is -2.50. The minimum absolute atomic E-state index is 0.0242. The van der Waals surface area contributed by atoms with Crippen LogP contribution >= 0.6 is 0 Å². The first kappa shape index (κ1) is 24.3. The SMILES string of the molecule is COCCNS(=O)(=O)c1ccc(C(=O)N2CCN(S(=O)(=O)c3cccc(F)c3)CC2)cc1. The number of carbonyl (C=O) groups is 1. The van der Waals surface area contributed by atoms with Crippen LogP contribution in [0.4, 0.5) is 4.39 Å². The maximum Gasteiger partial charge on any atom is 0.253 e. The van der Waals surface area contributed by atoms with Crippen LogP contribution in [0.2, 0.25) is 0 Å². The third-order valence-corrected chi connectivity index (χ3v) is 8.34. The molecule has 3 rings (SSSR count). The Morgan fingerprint density at radius 3 is 2.25 bits per heavy atom. The van der Waals surface area contributed by atoms with Crippen LogP contribution in [-0.2, 0) is 24.8 Å². The number of piperazine rings is 1. The lowest BCUT2D eigenvalue weighted by atomic mass is 10.2. The van der Waals surface area contributed by atoms with Gasteiger partial charge in [0.2, 0.25) is 20.0 Å². The van der Waals surface area contributed by atoms with Crippen LogP contribution < -0.4 is 4.72 Å². The Balaban J connectivity index is 1.63. The van der Waals surface area contributed by atoms with Gasteiger partial charge >= 0.3 is 0 Å². The molecule has 0 atom stereocenters. The van der Waals surface area contributed by atoms with Crippen molar-refractivity contribution >= 4 is 26.0 Å². The molecule has 0 spiro atoms. The van der Waals surface area contributed by atoms with Crippen LogP contribution in [0.25, 0.3) is 0 Å². The summed E-state index contributed by atoms with van der Waals surface area (Å²) >= 11 is 0. The molecule has 0 aliphatic carbocycles. The average Bonchev–Trinajstić information content (AvgIpc) is 2.79. The van der Waals surface area contributed by atoms with E-state index in [2.05, 4.69) is 4.72 Å². The molecule has 0 bridgehead atoms. The standard InChI is InChI=1S/C20H24FN3O6S2/c1-30-14-9-22-31(26,27)18-7-5-16(6-8-18)20(25)23-10-12-24(13-11-23)32(28,29)19-4-2-3-17(21)15-19/h2-8,15,22H,9-14H2,1H3. The summed E-state index contributed by atoms with van der Waals surface area (Å²) in [5, 5.41) is 0. The molecular formula is C20H24FN3O6S2. The molecule has 174 valence electrons. The van der Waals surface area contributed by atoms with Crippen molar-refractivity contribution in [2.24, 2.45) is 0 Å². The molecule has 0 aromatic heterocycles. The number of halogens is 1. The van der Waals surface area contributed by atoms with Gasteiger partial charge in [-0.05, 0) is 42.5 Å². The van der Waals surface area contributed by atoms with Crippen molar-refractivity contribution in [2.45, 2.75) is 9.79 Å². The summed E-state index contributed by atoms with van der Waals surface area (Å²) in [7, 11) is -6.10. The number of hydrogen-bond donors (Lipinski definition) is 1. The molecule has 12 heteroatoms. The molecular weight excluding hydrogens is 461 g/mol. The summed E-state index contributed by atoms with van der Waals surface area (Å²) in [6, 6.07) is 10.3. The van der Waals surface area contributed by atoms with Gasteiger partial charge in [-0.2, -0.15) is 4.31 Å². The maximum absolute atomic E-state index is 13.4. The van der Waals surface area contributed by atoms with Crippen LogP contribution in [0.3, 0.4) is 0 Å². The molecule has 1 saturated heterocycles. The quantitative estimate of drug-likeness (QED) is 0.556. The molecule has 1 amide bonds. The fourth-order valence-corrected chi connectivity index (χ4v) is 5.70. The first-order valence-electron chi connectivity index (χ1n) is 9.79. The number of sulfonamides is 2. The molecule has 0 saturated carbocycles. The van der Waals surface area contributed by atoms with Crippen molar-refractivity contribution in [2.75, 3.05) is 46.4 Å². The molecule has 1 N–H and O–H groups in total. The highest BCUT2D eigenvalue weighted by atomic mass is 32.2. The van der Waals surface area contributed by atoms with Crippen molar-refractivity contribution in [1.82, 2.24) is 13.9 Å². The van der Waals surface area contributed by atoms with Gasteiger partial charge in [0.1, 0.15) is 5.82 Å². The van der Waals surface area contributed by atoms with Gasteiger partial charge in [0, 0.05) is 45.4 Å². The van der Waals surface area contributed by atoms with Crippen LogP contribution in [-0.4, -0.2) is 78.4 Å². The average molecular weight is 486 g/mol. The maximum atomic E-state index is 13.4. The van der Waals surface area contributed by atoms with E-state index < -0.39 is 25.9 Å². The predicted octanol–water partition coefficient (Wildman–Crippen LogP) is 0.897. The van der Waals surface area contributed by atoms with E-state index in [0.717, 1.165) is 6.07 Å². The Labute approximate surface area is 186 Å². The zero-order valence-corrected chi connectivity index (χ0v) is 19.0. The Kier molecular flexibility index (Phi) is 7.62. The van der Waals surface area contributed by atoms with Crippen molar-refractivity contribution in [1.29, 1.82) is 0 Å². The van der Waals surface area contributed by atoms with Crippen LogP contribution in [0, 0.1) is 5.82 Å². The van der Waals surface area contributed by atoms with Gasteiger partial charge in [-0.25, -0.2) is 25.9 Å². The lowest BCUT2D eigenvalue weighted by molar-refractivity contribution is 0.0698. The van der Waals surface area contributed by atoms with E-state index in [4.69, 9.17) is 4.74 Å². The predicted molar refractivity (Wildman–Crippen MR) is 115 cm³/mol. The van der Waals surface area contributed by atoms with Crippen molar-refractivity contribution in [3.8, 4) is 0 Å². The van der Waals surface area contributed by atoms with Crippen LogP contribution in [0.5, 0.6) is 0 Å². The number of carbonyl (C=O) groups excluding carboxylic acids is 1. The van der Waals surface area contributed by atoms with Gasteiger partial charge in [0.25, 0.3) is 5.91 Å². The molecule has 1 aliphatic heterocycles. The van der Waals surface area contributed by atoms with E-state index >= 15 is 0 Å². The Morgan fingerprint density at radius 2 is 1.66 bits per heavy atom. The second-order valence-corrected chi connectivity index (χ2v) is 10.8. The van der Waals surface area contributed by atoms with Gasteiger partial charge in [-0.1, -0.05) is 6.07 Å². The monoisotopic (exact) mass is 485 g/mol. The zero-order chi connectivity index (χ0) is 23.4. The molecule has 1 fully saturated rings. The minimum Gasteiger partial charge on any atom is -0.383 e. The summed E-state index contributed by atoms with van der Waals surface area (Å²) in [4.78, 5) is 14.2. The number of hydrogen-bond acceptors (Lipinski definition) is 6. The van der Waals surface area contributed by atoms with E-state index in [-0.39, 0.29) is 55.0 Å². The molecule has 1 heterocycles. The summed E-state index contributed by atoms with van der Waals surface area (Å²) in [6.07, 6.45) is 0. The number of nitrogens with zero attached hydrogens (tertiary/aromatic N) is 2. The highest BCUT2D eigenvalue weighted by molar-refractivity contribution is 7.89. The molecule has 9 nitrogen and oxygen atoms in total. The second-order valence-electron chi connectivity index (χ2n) is 7.07. The lowest BCUT2D eigenvalue weighted by Gasteiger charge is -2.34. The van der Waals surface area contributed by atoms with E-state index in [1.165, 1.54) is 58.8 Å². The number of nitrogens with one attached hydrogen (secondary N) is 1. The van der Waals surface area contributed by atoms with E-state index in [1.54, 1.807) is 0 Å². The highest BCUT2D eigenvalue weighted by Crippen LogP contribution is 2.20. The Bertz CT molecular complexity index is 1160. The summed E-state index contributed by atoms with van der Waals surface area (Å²) in [6.45, 7) is 0.817. The van der Waals surface area contributed by atoms with Gasteiger partial charge in [0.15, 0.2) is 0 Å². The van der Waals surface area contributed by atoms with Crippen LogP contribution in [0.1, 0.15) is 10.4 Å². The fourth-order valence-electron chi connectivity index (χ4n) is 3.23. The van der Waals surface area contributed by atoms with Crippen LogP contribution in [0.15, 0.2) is 58.3 Å². The first-order valence-corrected chi connectivity index (χ1v) is 12.7. The van der Waals surface area contributed by atoms with E-state index in [1.807, 2.05) is 0 Å². The van der Waals surface area contributed by atoms with Crippen molar-refractivity contribution < 1.29 is 30.8 Å². The third-order valence-electron chi connectivity index (χ3n) is 4.97. The molecule has 1 aliphatic rings. The Morgan fingerprint density at radius 1 is 1.00 bits per heavy atom. The summed E-state index contributed by atoms with van der Waals surface area (Å²) in [5.74, 6) is -0.969. The normalized spacial score (nSPS) is 15.6. The molecule has 2 aromatic rings. The van der Waals surface area contributed by atoms with E-state index in [0.29, 0.717) is 5.56 Å². The number of rotatable bonds is 8. The van der Waals surface area contributed by atoms with Gasteiger partial charge < -0.3 is 9.64 Å². The third kappa shape index (κ3) is 5.51. The fraction of sp³-hybridized carbons (Fsp3) is 0.350. The summed E-state index contributed by atoms with van der Waals surface area (Å²) in [5.41, 5.74) is 0.294. The number of ether oxygens (including phenoxy) is 1. The summed E-state index contributed by atoms with van der Waals surface area (Å²) < 4.78 is 71.7. The largest absolute Gasteiger partial charge is 0.383 e. The van der Waals surface area contributed by atoms with Gasteiger partial charge in [-0.3, -0.25) is 4.79 Å². The van der Waals surface area contributed by atoms with Gasteiger partial charge in [0.05, 0.1) is 16.4 Å². The topological polar surface area (TPSA) is 113 Å². The number of methoxy groups -OCH3 is 1. The second kappa shape index (κ2) is 10.0. The molecule has 32 heavy (non-hydrogen) atoms. The Hall–Kier alpha value is -2.38. The smallest absolute Gasteiger partial charge is 0.253 e. The number of benzene rings is 2. The molecule has 2 aromatic carbocycles. The zero-order valence-electron chi connectivity index (χ0n) is 17.4. The molecule has 0 radical (unpaired) electrons. The van der Waals surface area contributed by atoms with Gasteiger partial charge in [-0.15, -0.1) is 0 Å². The van der Waals surface area contributed by atoms with Crippen molar-refractivity contribution in [3.63, 3.8) is 0 Å². The van der Waals surface area contributed by atoms with Crippen molar-refractivity contribution in [3.05, 3.63) is 59.9 Å². The first-order chi connectivity index (χ1) is 15.1. The highest BCUT2D eigenvalue weighted by Gasteiger charge is 2.30.